The van der Waals surface area contributed by atoms with Gasteiger partial charge < -0.3 is 4.74 Å². The van der Waals surface area contributed by atoms with E-state index in [1.54, 1.807) is 0 Å². The molecule has 1 fully saturated rings. The maximum absolute atomic E-state index is 13.2. The maximum Gasteiger partial charge on any atom is 0.341 e. The van der Waals surface area contributed by atoms with E-state index < -0.39 is 11.8 Å². The minimum absolute atomic E-state index is 0.0343. The van der Waals surface area contributed by atoms with E-state index in [0.29, 0.717) is 12.5 Å². The van der Waals surface area contributed by atoms with E-state index in [9.17, 15) is 9.18 Å². The molecule has 0 bridgehead atoms. The molecule has 0 atom stereocenters. The summed E-state index contributed by atoms with van der Waals surface area (Å²) in [5.74, 6) is -0.764. The van der Waals surface area contributed by atoms with Crippen molar-refractivity contribution in [1.82, 2.24) is 4.98 Å². The standard InChI is InChI=1S/C12H14FNO2/c13-11-7-14-6-5-10(11)12(15)16-8-9-3-1-2-4-9/h5-7,9H,1-4,8H2. The van der Waals surface area contributed by atoms with Crippen LogP contribution in [0.15, 0.2) is 18.5 Å². The van der Waals surface area contributed by atoms with Crippen molar-refractivity contribution >= 4 is 5.97 Å². The number of nitrogens with zero attached hydrogens (tertiary/aromatic N) is 1. The van der Waals surface area contributed by atoms with E-state index in [1.807, 2.05) is 0 Å². The van der Waals surface area contributed by atoms with Crippen LogP contribution in [0.2, 0.25) is 0 Å². The number of rotatable bonds is 3. The lowest BCUT2D eigenvalue weighted by molar-refractivity contribution is 0.0437. The van der Waals surface area contributed by atoms with Gasteiger partial charge in [0, 0.05) is 6.20 Å². The van der Waals surface area contributed by atoms with Crippen molar-refractivity contribution in [3.8, 4) is 0 Å². The zero-order valence-electron chi connectivity index (χ0n) is 8.99. The summed E-state index contributed by atoms with van der Waals surface area (Å²) in [7, 11) is 0. The molecule has 1 aliphatic rings. The second-order valence-corrected chi connectivity index (χ2v) is 4.10. The summed E-state index contributed by atoms with van der Waals surface area (Å²) in [6.07, 6.45) is 7.01. The molecule has 1 aliphatic carbocycles. The summed E-state index contributed by atoms with van der Waals surface area (Å²) < 4.78 is 18.3. The first kappa shape index (κ1) is 11.0. The monoisotopic (exact) mass is 223 g/mol. The first-order valence-electron chi connectivity index (χ1n) is 5.54. The smallest absolute Gasteiger partial charge is 0.341 e. The highest BCUT2D eigenvalue weighted by molar-refractivity contribution is 5.89. The normalized spacial score (nSPS) is 16.3. The average Bonchev–Trinajstić information content (AvgIpc) is 2.79. The summed E-state index contributed by atoms with van der Waals surface area (Å²) in [5, 5.41) is 0. The number of esters is 1. The Balaban J connectivity index is 1.90. The molecule has 1 saturated carbocycles. The maximum atomic E-state index is 13.2. The van der Waals surface area contributed by atoms with E-state index in [2.05, 4.69) is 4.98 Å². The molecular formula is C12H14FNO2. The Bertz CT molecular complexity index is 375. The molecule has 0 aromatic carbocycles. The molecule has 16 heavy (non-hydrogen) atoms. The van der Waals surface area contributed by atoms with Gasteiger partial charge in [0.15, 0.2) is 5.82 Å². The van der Waals surface area contributed by atoms with Gasteiger partial charge >= 0.3 is 5.97 Å². The second kappa shape index (κ2) is 5.05. The van der Waals surface area contributed by atoms with Crippen LogP contribution in [0, 0.1) is 11.7 Å². The van der Waals surface area contributed by atoms with Gasteiger partial charge in [0.25, 0.3) is 0 Å². The van der Waals surface area contributed by atoms with E-state index in [1.165, 1.54) is 25.1 Å². The Morgan fingerprint density at radius 2 is 2.25 bits per heavy atom. The van der Waals surface area contributed by atoms with Crippen LogP contribution in [0.5, 0.6) is 0 Å². The molecule has 4 heteroatoms. The minimum Gasteiger partial charge on any atom is -0.462 e. The number of hydrogen-bond donors (Lipinski definition) is 0. The third-order valence-electron chi connectivity index (χ3n) is 2.92. The predicted octanol–water partition coefficient (Wildman–Crippen LogP) is 2.57. The number of hydrogen-bond acceptors (Lipinski definition) is 3. The molecule has 0 amide bonds. The molecule has 2 rings (SSSR count). The number of carbonyl (C=O) groups is 1. The van der Waals surface area contributed by atoms with Crippen LogP contribution in [0.25, 0.3) is 0 Å². The number of ether oxygens (including phenoxy) is 1. The van der Waals surface area contributed by atoms with Gasteiger partial charge in [-0.1, -0.05) is 12.8 Å². The molecule has 0 aliphatic heterocycles. The van der Waals surface area contributed by atoms with Crippen LogP contribution in [-0.2, 0) is 4.74 Å². The van der Waals surface area contributed by atoms with Crippen LogP contribution in [0.3, 0.4) is 0 Å². The third kappa shape index (κ3) is 2.56. The van der Waals surface area contributed by atoms with Crippen molar-refractivity contribution < 1.29 is 13.9 Å². The fourth-order valence-corrected chi connectivity index (χ4v) is 1.99. The number of carbonyl (C=O) groups excluding carboxylic acids is 1. The first-order valence-corrected chi connectivity index (χ1v) is 5.54. The zero-order chi connectivity index (χ0) is 11.4. The van der Waals surface area contributed by atoms with E-state index in [-0.39, 0.29) is 5.56 Å². The summed E-state index contributed by atoms with van der Waals surface area (Å²) in [6, 6.07) is 1.34. The van der Waals surface area contributed by atoms with Gasteiger partial charge in [-0.25, -0.2) is 9.18 Å². The molecular weight excluding hydrogens is 209 g/mol. The molecule has 0 radical (unpaired) electrons. The molecule has 1 aromatic heterocycles. The Kier molecular flexibility index (Phi) is 3.49. The van der Waals surface area contributed by atoms with Crippen LogP contribution < -0.4 is 0 Å². The molecule has 86 valence electrons. The Morgan fingerprint density at radius 3 is 2.94 bits per heavy atom. The van der Waals surface area contributed by atoms with E-state index >= 15 is 0 Å². The topological polar surface area (TPSA) is 39.2 Å². The average molecular weight is 223 g/mol. The van der Waals surface area contributed by atoms with Gasteiger partial charge in [-0.05, 0) is 24.8 Å². The van der Waals surface area contributed by atoms with Crippen molar-refractivity contribution in [2.45, 2.75) is 25.7 Å². The molecule has 0 spiro atoms. The predicted molar refractivity (Wildman–Crippen MR) is 56.4 cm³/mol. The van der Waals surface area contributed by atoms with Crippen molar-refractivity contribution in [3.63, 3.8) is 0 Å². The first-order chi connectivity index (χ1) is 7.77. The van der Waals surface area contributed by atoms with E-state index in [4.69, 9.17) is 4.74 Å². The lowest BCUT2D eigenvalue weighted by Crippen LogP contribution is -2.13. The fraction of sp³-hybridized carbons (Fsp3) is 0.500. The Hall–Kier alpha value is -1.45. The Morgan fingerprint density at radius 1 is 1.50 bits per heavy atom. The van der Waals surface area contributed by atoms with E-state index in [0.717, 1.165) is 19.0 Å². The molecule has 1 aromatic rings. The largest absolute Gasteiger partial charge is 0.462 e. The Labute approximate surface area is 93.6 Å². The fourth-order valence-electron chi connectivity index (χ4n) is 1.99. The molecule has 0 saturated heterocycles. The third-order valence-corrected chi connectivity index (χ3v) is 2.92. The quantitative estimate of drug-likeness (QED) is 0.739. The van der Waals surface area contributed by atoms with Crippen LogP contribution in [-0.4, -0.2) is 17.6 Å². The van der Waals surface area contributed by atoms with Gasteiger partial charge in [0.1, 0.15) is 0 Å². The molecule has 3 nitrogen and oxygen atoms in total. The number of pyridine rings is 1. The van der Waals surface area contributed by atoms with Crippen molar-refractivity contribution in [2.24, 2.45) is 5.92 Å². The van der Waals surface area contributed by atoms with Crippen LogP contribution >= 0.6 is 0 Å². The van der Waals surface area contributed by atoms with Gasteiger partial charge in [-0.3, -0.25) is 4.98 Å². The van der Waals surface area contributed by atoms with Gasteiger partial charge in [-0.2, -0.15) is 0 Å². The summed E-state index contributed by atoms with van der Waals surface area (Å²) in [5.41, 5.74) is -0.0343. The van der Waals surface area contributed by atoms with Crippen LogP contribution in [0.1, 0.15) is 36.0 Å². The minimum atomic E-state index is -0.626. The summed E-state index contributed by atoms with van der Waals surface area (Å²) in [6.45, 7) is 0.403. The second-order valence-electron chi connectivity index (χ2n) is 4.10. The van der Waals surface area contributed by atoms with Gasteiger partial charge in [-0.15, -0.1) is 0 Å². The highest BCUT2D eigenvalue weighted by Crippen LogP contribution is 2.25. The van der Waals surface area contributed by atoms with Gasteiger partial charge in [0.05, 0.1) is 18.4 Å². The number of halogens is 1. The molecule has 0 unspecified atom stereocenters. The van der Waals surface area contributed by atoms with Crippen LogP contribution in [0.4, 0.5) is 4.39 Å². The van der Waals surface area contributed by atoms with Crippen molar-refractivity contribution in [1.29, 1.82) is 0 Å². The highest BCUT2D eigenvalue weighted by Gasteiger charge is 2.18. The highest BCUT2D eigenvalue weighted by atomic mass is 19.1. The lowest BCUT2D eigenvalue weighted by Gasteiger charge is -2.09. The number of aromatic nitrogens is 1. The lowest BCUT2D eigenvalue weighted by atomic mass is 10.1. The molecule has 0 N–H and O–H groups in total. The zero-order valence-corrected chi connectivity index (χ0v) is 8.99. The van der Waals surface area contributed by atoms with Gasteiger partial charge in [0.2, 0.25) is 0 Å². The van der Waals surface area contributed by atoms with Crippen molar-refractivity contribution in [2.75, 3.05) is 6.61 Å². The summed E-state index contributed by atoms with van der Waals surface area (Å²) in [4.78, 5) is 15.1. The van der Waals surface area contributed by atoms with Crippen molar-refractivity contribution in [3.05, 3.63) is 29.8 Å². The molecule has 1 heterocycles. The summed E-state index contributed by atoms with van der Waals surface area (Å²) >= 11 is 0. The SMILES string of the molecule is O=C(OCC1CCCC1)c1ccncc1F.